The van der Waals surface area contributed by atoms with Gasteiger partial charge in [0, 0.05) is 19.1 Å². The van der Waals surface area contributed by atoms with E-state index in [9.17, 15) is 9.59 Å². The fourth-order valence-corrected chi connectivity index (χ4v) is 1.75. The number of amides is 1. The molecule has 1 amide bonds. The van der Waals surface area contributed by atoms with Crippen LogP contribution in [-0.4, -0.2) is 35.7 Å². The van der Waals surface area contributed by atoms with E-state index in [1.165, 1.54) is 0 Å². The lowest BCUT2D eigenvalue weighted by molar-refractivity contribution is -0.137. The van der Waals surface area contributed by atoms with Crippen molar-refractivity contribution >= 4 is 11.9 Å². The molecule has 0 aromatic rings. The standard InChI is InChI=1S/C11H19NO4/c1-8(4-2-6-10(13)14)12-11(15)9-5-3-7-16-9/h8-9H,2-7H2,1H3,(H,12,15)(H,13,14). The molecule has 1 fully saturated rings. The van der Waals surface area contributed by atoms with Crippen molar-refractivity contribution in [2.45, 2.75) is 51.2 Å². The molecule has 1 saturated heterocycles. The van der Waals surface area contributed by atoms with E-state index in [0.717, 1.165) is 12.8 Å². The number of carboxylic acid groups (broad SMARTS) is 1. The summed E-state index contributed by atoms with van der Waals surface area (Å²) in [5.74, 6) is -0.863. The first-order valence-electron chi connectivity index (χ1n) is 5.73. The molecule has 0 bridgehead atoms. The summed E-state index contributed by atoms with van der Waals surface area (Å²) in [6, 6.07) is 0.0102. The molecular formula is C11H19NO4. The fraction of sp³-hybridized carbons (Fsp3) is 0.818. The Labute approximate surface area is 95.2 Å². The lowest BCUT2D eigenvalue weighted by Gasteiger charge is -2.16. The number of ether oxygens (including phenoxy) is 1. The monoisotopic (exact) mass is 229 g/mol. The second-order valence-corrected chi connectivity index (χ2v) is 4.20. The highest BCUT2D eigenvalue weighted by Crippen LogP contribution is 2.12. The summed E-state index contributed by atoms with van der Waals surface area (Å²) in [4.78, 5) is 21.9. The van der Waals surface area contributed by atoms with Crippen LogP contribution in [0.3, 0.4) is 0 Å². The van der Waals surface area contributed by atoms with E-state index in [0.29, 0.717) is 19.4 Å². The van der Waals surface area contributed by atoms with Gasteiger partial charge in [-0.2, -0.15) is 0 Å². The average Bonchev–Trinajstić information content (AvgIpc) is 2.69. The first-order valence-corrected chi connectivity index (χ1v) is 5.73. The molecule has 2 N–H and O–H groups in total. The van der Waals surface area contributed by atoms with Crippen LogP contribution in [0.4, 0.5) is 0 Å². The number of carboxylic acids is 1. The topological polar surface area (TPSA) is 75.6 Å². The molecule has 0 aliphatic carbocycles. The predicted octanol–water partition coefficient (Wildman–Crippen LogP) is 0.925. The lowest BCUT2D eigenvalue weighted by Crippen LogP contribution is -2.39. The fourth-order valence-electron chi connectivity index (χ4n) is 1.75. The van der Waals surface area contributed by atoms with Gasteiger partial charge in [-0.3, -0.25) is 9.59 Å². The Morgan fingerprint density at radius 2 is 2.31 bits per heavy atom. The van der Waals surface area contributed by atoms with Crippen LogP contribution in [-0.2, 0) is 14.3 Å². The van der Waals surface area contributed by atoms with Crippen LogP contribution in [0.15, 0.2) is 0 Å². The van der Waals surface area contributed by atoms with Crippen molar-refractivity contribution < 1.29 is 19.4 Å². The van der Waals surface area contributed by atoms with Gasteiger partial charge in [-0.05, 0) is 32.6 Å². The minimum absolute atomic E-state index is 0.0102. The number of hydrogen-bond acceptors (Lipinski definition) is 3. The number of aliphatic carboxylic acids is 1. The summed E-state index contributed by atoms with van der Waals surface area (Å²) in [6.07, 6.45) is 2.84. The Kier molecular flexibility index (Phi) is 5.25. The zero-order valence-electron chi connectivity index (χ0n) is 9.57. The van der Waals surface area contributed by atoms with E-state index in [1.807, 2.05) is 6.92 Å². The molecular weight excluding hydrogens is 210 g/mol. The van der Waals surface area contributed by atoms with Crippen molar-refractivity contribution in [3.05, 3.63) is 0 Å². The van der Waals surface area contributed by atoms with Gasteiger partial charge in [0.25, 0.3) is 0 Å². The first-order chi connectivity index (χ1) is 7.59. The van der Waals surface area contributed by atoms with E-state index in [4.69, 9.17) is 9.84 Å². The smallest absolute Gasteiger partial charge is 0.303 e. The summed E-state index contributed by atoms with van der Waals surface area (Å²) >= 11 is 0. The van der Waals surface area contributed by atoms with Crippen molar-refractivity contribution in [3.8, 4) is 0 Å². The Balaban J connectivity index is 2.14. The van der Waals surface area contributed by atoms with E-state index >= 15 is 0 Å². The van der Waals surface area contributed by atoms with Gasteiger partial charge < -0.3 is 15.2 Å². The number of nitrogens with one attached hydrogen (secondary N) is 1. The molecule has 0 spiro atoms. The van der Waals surface area contributed by atoms with Crippen LogP contribution in [0.1, 0.15) is 39.0 Å². The van der Waals surface area contributed by atoms with Crippen LogP contribution in [0.2, 0.25) is 0 Å². The zero-order chi connectivity index (χ0) is 12.0. The largest absolute Gasteiger partial charge is 0.481 e. The highest BCUT2D eigenvalue weighted by molar-refractivity contribution is 5.81. The van der Waals surface area contributed by atoms with E-state index < -0.39 is 5.97 Å². The lowest BCUT2D eigenvalue weighted by atomic mass is 10.1. The Morgan fingerprint density at radius 1 is 1.56 bits per heavy atom. The van der Waals surface area contributed by atoms with Crippen LogP contribution in [0.5, 0.6) is 0 Å². The van der Waals surface area contributed by atoms with Crippen LogP contribution >= 0.6 is 0 Å². The zero-order valence-corrected chi connectivity index (χ0v) is 9.57. The Hall–Kier alpha value is -1.10. The van der Waals surface area contributed by atoms with Crippen LogP contribution < -0.4 is 5.32 Å². The third-order valence-electron chi connectivity index (χ3n) is 2.64. The third kappa shape index (κ3) is 4.61. The highest BCUT2D eigenvalue weighted by Gasteiger charge is 2.24. The van der Waals surface area contributed by atoms with Crippen molar-refractivity contribution in [1.82, 2.24) is 5.32 Å². The number of carbonyl (C=O) groups is 2. The molecule has 1 aliphatic heterocycles. The minimum Gasteiger partial charge on any atom is -0.481 e. The van der Waals surface area contributed by atoms with E-state index in [-0.39, 0.29) is 24.5 Å². The molecule has 16 heavy (non-hydrogen) atoms. The molecule has 92 valence electrons. The maximum atomic E-state index is 11.6. The van der Waals surface area contributed by atoms with Gasteiger partial charge in [0.1, 0.15) is 6.10 Å². The predicted molar refractivity (Wildman–Crippen MR) is 58.1 cm³/mol. The van der Waals surface area contributed by atoms with Crippen molar-refractivity contribution in [2.75, 3.05) is 6.61 Å². The molecule has 2 unspecified atom stereocenters. The van der Waals surface area contributed by atoms with Crippen molar-refractivity contribution in [2.24, 2.45) is 0 Å². The number of carbonyl (C=O) groups excluding carboxylic acids is 1. The van der Waals surface area contributed by atoms with Gasteiger partial charge in [0.15, 0.2) is 0 Å². The third-order valence-corrected chi connectivity index (χ3v) is 2.64. The van der Waals surface area contributed by atoms with E-state index in [1.54, 1.807) is 0 Å². The maximum absolute atomic E-state index is 11.6. The summed E-state index contributed by atoms with van der Waals surface area (Å²) < 4.78 is 5.25. The Bertz CT molecular complexity index is 248. The van der Waals surface area contributed by atoms with Crippen LogP contribution in [0.25, 0.3) is 0 Å². The number of rotatable bonds is 6. The molecule has 0 aromatic heterocycles. The van der Waals surface area contributed by atoms with Gasteiger partial charge >= 0.3 is 5.97 Å². The summed E-state index contributed by atoms with van der Waals surface area (Å²) in [6.45, 7) is 2.54. The van der Waals surface area contributed by atoms with Gasteiger partial charge in [-0.25, -0.2) is 0 Å². The molecule has 2 atom stereocenters. The minimum atomic E-state index is -0.794. The van der Waals surface area contributed by atoms with Gasteiger partial charge in [-0.15, -0.1) is 0 Å². The summed E-state index contributed by atoms with van der Waals surface area (Å²) in [5, 5.41) is 11.3. The molecule has 0 saturated carbocycles. The van der Waals surface area contributed by atoms with Crippen LogP contribution in [0, 0.1) is 0 Å². The Morgan fingerprint density at radius 3 is 2.88 bits per heavy atom. The SMILES string of the molecule is CC(CCCC(=O)O)NC(=O)C1CCCO1. The summed E-state index contributed by atoms with van der Waals surface area (Å²) in [7, 11) is 0. The molecule has 0 radical (unpaired) electrons. The quantitative estimate of drug-likeness (QED) is 0.710. The van der Waals surface area contributed by atoms with Gasteiger partial charge in [-0.1, -0.05) is 0 Å². The second kappa shape index (κ2) is 6.48. The van der Waals surface area contributed by atoms with Gasteiger partial charge in [0.05, 0.1) is 0 Å². The van der Waals surface area contributed by atoms with Gasteiger partial charge in [0.2, 0.25) is 5.91 Å². The van der Waals surface area contributed by atoms with Crippen molar-refractivity contribution in [1.29, 1.82) is 0 Å². The average molecular weight is 229 g/mol. The molecule has 5 nitrogen and oxygen atoms in total. The molecule has 1 heterocycles. The molecule has 1 aliphatic rings. The second-order valence-electron chi connectivity index (χ2n) is 4.20. The molecule has 1 rings (SSSR count). The number of hydrogen-bond donors (Lipinski definition) is 2. The maximum Gasteiger partial charge on any atom is 0.303 e. The normalized spacial score (nSPS) is 21.7. The van der Waals surface area contributed by atoms with Crippen molar-refractivity contribution in [3.63, 3.8) is 0 Å². The van der Waals surface area contributed by atoms with E-state index in [2.05, 4.69) is 5.32 Å². The first kappa shape index (κ1) is 13.0. The summed E-state index contributed by atoms with van der Waals surface area (Å²) in [5.41, 5.74) is 0. The molecule has 5 heteroatoms. The molecule has 0 aromatic carbocycles. The highest BCUT2D eigenvalue weighted by atomic mass is 16.5.